The molecule has 0 saturated carbocycles. The van der Waals surface area contributed by atoms with E-state index in [-0.39, 0.29) is 25.1 Å². The molecular weight excluding hydrogens is 148 g/mol. The zero-order valence-corrected chi connectivity index (χ0v) is 6.41. The van der Waals surface area contributed by atoms with Crippen molar-refractivity contribution in [2.45, 2.75) is 6.04 Å². The monoisotopic (exact) mass is 160 g/mol. The molecule has 0 spiro atoms. The van der Waals surface area contributed by atoms with Crippen molar-refractivity contribution in [3.63, 3.8) is 0 Å². The minimum Gasteiger partial charge on any atom is -0.394 e. The fourth-order valence-electron chi connectivity index (χ4n) is 0.946. The highest BCUT2D eigenvalue weighted by Crippen LogP contribution is 2.05. The van der Waals surface area contributed by atoms with Gasteiger partial charge in [-0.3, -0.25) is 9.63 Å². The van der Waals surface area contributed by atoms with E-state index in [0.717, 1.165) is 0 Å². The van der Waals surface area contributed by atoms with Crippen LogP contribution in [0, 0.1) is 0 Å². The Kier molecular flexibility index (Phi) is 2.81. The first-order valence-corrected chi connectivity index (χ1v) is 3.52. The largest absolute Gasteiger partial charge is 0.394 e. The van der Waals surface area contributed by atoms with Crippen LogP contribution in [0.5, 0.6) is 0 Å². The second-order valence-electron chi connectivity index (χ2n) is 2.30. The van der Waals surface area contributed by atoms with Crippen LogP contribution in [0.2, 0.25) is 0 Å². The van der Waals surface area contributed by atoms with Gasteiger partial charge in [0.1, 0.15) is 6.04 Å². The molecular formula is C6H12N2O3. The second-order valence-corrected chi connectivity index (χ2v) is 2.30. The van der Waals surface area contributed by atoms with Crippen LogP contribution in [-0.2, 0) is 9.63 Å². The Morgan fingerprint density at radius 1 is 1.91 bits per heavy atom. The van der Waals surface area contributed by atoms with E-state index in [9.17, 15) is 4.79 Å². The van der Waals surface area contributed by atoms with Crippen molar-refractivity contribution >= 4 is 5.91 Å². The van der Waals surface area contributed by atoms with E-state index < -0.39 is 0 Å². The molecule has 5 nitrogen and oxygen atoms in total. The number of hydrogen-bond acceptors (Lipinski definition) is 4. The zero-order chi connectivity index (χ0) is 8.27. The smallest absolute Gasteiger partial charge is 0.265 e. The fourth-order valence-corrected chi connectivity index (χ4v) is 0.946. The highest BCUT2D eigenvalue weighted by molar-refractivity contribution is 5.82. The number of nitrogens with one attached hydrogen (secondary N) is 1. The summed E-state index contributed by atoms with van der Waals surface area (Å²) in [5.74, 6) is -0.110. The summed E-state index contributed by atoms with van der Waals surface area (Å²) >= 11 is 0. The van der Waals surface area contributed by atoms with Gasteiger partial charge in [-0.1, -0.05) is 0 Å². The molecule has 1 aliphatic rings. The van der Waals surface area contributed by atoms with E-state index in [1.54, 1.807) is 7.05 Å². The summed E-state index contributed by atoms with van der Waals surface area (Å²) in [6.07, 6.45) is 0. The Bertz CT molecular complexity index is 151. The number of hydrogen-bond donors (Lipinski definition) is 2. The molecule has 1 aliphatic heterocycles. The lowest BCUT2D eigenvalue weighted by Gasteiger charge is -2.11. The van der Waals surface area contributed by atoms with Crippen LogP contribution in [0.15, 0.2) is 0 Å². The Morgan fingerprint density at radius 3 is 3.09 bits per heavy atom. The molecule has 0 aromatic carbocycles. The van der Waals surface area contributed by atoms with E-state index in [0.29, 0.717) is 6.61 Å². The number of aliphatic hydroxyl groups is 1. The highest BCUT2D eigenvalue weighted by atomic mass is 16.7. The summed E-state index contributed by atoms with van der Waals surface area (Å²) in [7, 11) is 1.70. The molecule has 0 aromatic rings. The number of β-amino-alcohol motifs (C(OH)–C–C–N with tert-alkyl or cyclic N) is 1. The van der Waals surface area contributed by atoms with Gasteiger partial charge < -0.3 is 10.4 Å². The maximum absolute atomic E-state index is 11.2. The van der Waals surface area contributed by atoms with Gasteiger partial charge in [0, 0.05) is 0 Å². The first-order chi connectivity index (χ1) is 5.29. The molecule has 2 N–H and O–H groups in total. The number of aliphatic hydroxyl groups excluding tert-OH is 1. The molecule has 1 rings (SSSR count). The number of rotatable bonds is 3. The van der Waals surface area contributed by atoms with Crippen molar-refractivity contribution in [3.8, 4) is 0 Å². The van der Waals surface area contributed by atoms with Crippen LogP contribution in [0.1, 0.15) is 0 Å². The van der Waals surface area contributed by atoms with E-state index in [1.165, 1.54) is 5.06 Å². The third kappa shape index (κ3) is 1.68. The average molecular weight is 160 g/mol. The van der Waals surface area contributed by atoms with Crippen molar-refractivity contribution in [2.75, 3.05) is 26.8 Å². The molecule has 1 heterocycles. The van der Waals surface area contributed by atoms with Gasteiger partial charge in [0.2, 0.25) is 0 Å². The lowest BCUT2D eigenvalue weighted by atomic mass is 10.3. The predicted molar refractivity (Wildman–Crippen MR) is 37.6 cm³/mol. The molecule has 1 atom stereocenters. The van der Waals surface area contributed by atoms with Crippen LogP contribution < -0.4 is 5.32 Å². The SMILES string of the molecule is CN[C@@H]1CON(CCO)C1=O. The van der Waals surface area contributed by atoms with E-state index in [4.69, 9.17) is 9.94 Å². The first kappa shape index (κ1) is 8.45. The number of likely N-dealkylation sites (N-methyl/N-ethyl adjacent to an activating group) is 1. The van der Waals surface area contributed by atoms with Crippen molar-refractivity contribution < 1.29 is 14.7 Å². The number of hydroxylamine groups is 2. The minimum absolute atomic E-state index is 0.0673. The number of carbonyl (C=O) groups excluding carboxylic acids is 1. The Labute approximate surface area is 64.9 Å². The quantitative estimate of drug-likeness (QED) is 0.519. The van der Waals surface area contributed by atoms with Crippen molar-refractivity contribution in [1.82, 2.24) is 10.4 Å². The standard InChI is InChI=1S/C6H12N2O3/c1-7-5-4-11-8(2-3-9)6(5)10/h5,7,9H,2-4H2,1H3/t5-/m1/s1. The summed E-state index contributed by atoms with van der Waals surface area (Å²) in [4.78, 5) is 16.1. The van der Waals surface area contributed by atoms with Crippen LogP contribution in [0.25, 0.3) is 0 Å². The van der Waals surface area contributed by atoms with Gasteiger partial charge in [-0.25, -0.2) is 5.06 Å². The van der Waals surface area contributed by atoms with Crippen molar-refractivity contribution in [3.05, 3.63) is 0 Å². The third-order valence-electron chi connectivity index (χ3n) is 1.59. The number of nitrogens with zero attached hydrogens (tertiary/aromatic N) is 1. The van der Waals surface area contributed by atoms with Crippen LogP contribution in [-0.4, -0.2) is 48.9 Å². The van der Waals surface area contributed by atoms with Gasteiger partial charge >= 0.3 is 0 Å². The average Bonchev–Trinajstić information content (AvgIpc) is 2.34. The van der Waals surface area contributed by atoms with E-state index >= 15 is 0 Å². The maximum Gasteiger partial charge on any atom is 0.265 e. The summed E-state index contributed by atoms with van der Waals surface area (Å²) in [6.45, 7) is 0.536. The molecule has 0 aliphatic carbocycles. The van der Waals surface area contributed by atoms with Gasteiger partial charge in [0.25, 0.3) is 5.91 Å². The van der Waals surface area contributed by atoms with E-state index in [1.807, 2.05) is 0 Å². The minimum atomic E-state index is -0.249. The topological polar surface area (TPSA) is 61.8 Å². The summed E-state index contributed by atoms with van der Waals surface area (Å²) in [6, 6.07) is -0.249. The molecule has 0 aromatic heterocycles. The Balaban J connectivity index is 2.42. The predicted octanol–water partition coefficient (Wildman–Crippen LogP) is -1.66. The molecule has 1 fully saturated rings. The molecule has 0 unspecified atom stereocenters. The van der Waals surface area contributed by atoms with Crippen molar-refractivity contribution in [2.24, 2.45) is 0 Å². The second kappa shape index (κ2) is 3.66. The Hall–Kier alpha value is -0.650. The van der Waals surface area contributed by atoms with E-state index in [2.05, 4.69) is 5.32 Å². The highest BCUT2D eigenvalue weighted by Gasteiger charge is 2.31. The Morgan fingerprint density at radius 2 is 2.64 bits per heavy atom. The van der Waals surface area contributed by atoms with Gasteiger partial charge in [-0.05, 0) is 7.05 Å². The molecule has 11 heavy (non-hydrogen) atoms. The lowest BCUT2D eigenvalue weighted by molar-refractivity contribution is -0.163. The summed E-state index contributed by atoms with van der Waals surface area (Å²) < 4.78 is 0. The van der Waals surface area contributed by atoms with Gasteiger partial charge in [0.15, 0.2) is 0 Å². The first-order valence-electron chi connectivity index (χ1n) is 3.52. The molecule has 64 valence electrons. The van der Waals surface area contributed by atoms with Gasteiger partial charge in [-0.15, -0.1) is 0 Å². The number of carbonyl (C=O) groups is 1. The molecule has 5 heteroatoms. The maximum atomic E-state index is 11.2. The van der Waals surface area contributed by atoms with Crippen LogP contribution >= 0.6 is 0 Å². The zero-order valence-electron chi connectivity index (χ0n) is 6.41. The molecule has 0 bridgehead atoms. The summed E-state index contributed by atoms with van der Waals surface area (Å²) in [5, 5.41) is 12.5. The normalized spacial score (nSPS) is 24.7. The van der Waals surface area contributed by atoms with Crippen LogP contribution in [0.3, 0.4) is 0 Å². The number of amides is 1. The lowest BCUT2D eigenvalue weighted by Crippen LogP contribution is -2.37. The van der Waals surface area contributed by atoms with Gasteiger partial charge in [0.05, 0.1) is 19.8 Å². The third-order valence-corrected chi connectivity index (χ3v) is 1.59. The van der Waals surface area contributed by atoms with Crippen molar-refractivity contribution in [1.29, 1.82) is 0 Å². The van der Waals surface area contributed by atoms with Crippen LogP contribution in [0.4, 0.5) is 0 Å². The molecule has 1 amide bonds. The van der Waals surface area contributed by atoms with Gasteiger partial charge in [-0.2, -0.15) is 0 Å². The summed E-state index contributed by atoms with van der Waals surface area (Å²) in [5.41, 5.74) is 0. The molecule has 0 radical (unpaired) electrons. The molecule has 1 saturated heterocycles. The fraction of sp³-hybridized carbons (Fsp3) is 0.833.